The van der Waals surface area contributed by atoms with E-state index < -0.39 is 10.8 Å². The van der Waals surface area contributed by atoms with E-state index in [1.165, 1.54) is 25.7 Å². The van der Waals surface area contributed by atoms with Crippen LogP contribution >= 0.6 is 0 Å². The summed E-state index contributed by atoms with van der Waals surface area (Å²) >= 11 is 0. The molecule has 3 aliphatic rings. The first-order valence-corrected chi connectivity index (χ1v) is 12.2. The summed E-state index contributed by atoms with van der Waals surface area (Å²) in [5.41, 5.74) is -0.485. The fourth-order valence-electron chi connectivity index (χ4n) is 6.73. The Kier molecular flexibility index (Phi) is 6.20. The highest BCUT2D eigenvalue weighted by molar-refractivity contribution is 5.80. The molecule has 31 heavy (non-hydrogen) atoms. The minimum atomic E-state index is -0.760. The van der Waals surface area contributed by atoms with Crippen molar-refractivity contribution in [2.24, 2.45) is 34.5 Å². The topological polar surface area (TPSA) is 52.6 Å². The molecule has 3 aliphatic carbocycles. The summed E-state index contributed by atoms with van der Waals surface area (Å²) in [5, 5.41) is 0. The molecule has 4 heteroatoms. The molecule has 170 valence electrons. The van der Waals surface area contributed by atoms with E-state index in [4.69, 9.17) is 9.47 Å². The first-order chi connectivity index (χ1) is 14.7. The van der Waals surface area contributed by atoms with Crippen LogP contribution in [0.5, 0.6) is 0 Å². The molecule has 0 saturated heterocycles. The van der Waals surface area contributed by atoms with Crippen LogP contribution in [-0.2, 0) is 25.7 Å². The van der Waals surface area contributed by atoms with Gasteiger partial charge < -0.3 is 9.47 Å². The molecular formula is C27H38O4. The number of carbonyl (C=O) groups is 2. The number of fused-ring (bicyclic) bond motifs is 5. The summed E-state index contributed by atoms with van der Waals surface area (Å²) in [4.78, 5) is 26.2. The Morgan fingerprint density at radius 1 is 0.968 bits per heavy atom. The molecule has 4 rings (SSSR count). The van der Waals surface area contributed by atoms with Gasteiger partial charge in [0.2, 0.25) is 0 Å². The monoisotopic (exact) mass is 426 g/mol. The third-order valence-electron chi connectivity index (χ3n) is 8.50. The molecule has 1 aromatic rings. The number of carbonyl (C=O) groups excluding carboxylic acids is 2. The first kappa shape index (κ1) is 22.4. The van der Waals surface area contributed by atoms with E-state index in [1.807, 2.05) is 58.0 Å². The average molecular weight is 427 g/mol. The van der Waals surface area contributed by atoms with Crippen molar-refractivity contribution in [2.75, 3.05) is 0 Å². The summed E-state index contributed by atoms with van der Waals surface area (Å²) in [5.74, 6) is 2.58. The Hall–Kier alpha value is -1.84. The number of hydrogen-bond acceptors (Lipinski definition) is 4. The first-order valence-electron chi connectivity index (χ1n) is 12.2. The van der Waals surface area contributed by atoms with Gasteiger partial charge in [-0.25, -0.2) is 0 Å². The number of hydrogen-bond donors (Lipinski definition) is 0. The van der Waals surface area contributed by atoms with Crippen LogP contribution in [0.25, 0.3) is 0 Å². The lowest BCUT2D eigenvalue weighted by atomic mass is 9.72. The van der Waals surface area contributed by atoms with Gasteiger partial charge in [-0.3, -0.25) is 9.59 Å². The van der Waals surface area contributed by atoms with Crippen molar-refractivity contribution in [3.8, 4) is 0 Å². The molecule has 0 radical (unpaired) electrons. The van der Waals surface area contributed by atoms with Gasteiger partial charge in [0.25, 0.3) is 0 Å². The SMILES string of the molecule is CCC(C)(CC(C)(C)C(=O)OCc1ccccc1)C(=O)OC1CC2CC1C1CCCC21. The highest BCUT2D eigenvalue weighted by atomic mass is 16.5. The Morgan fingerprint density at radius 2 is 1.68 bits per heavy atom. The zero-order chi connectivity index (χ0) is 22.2. The highest BCUT2D eigenvalue weighted by Crippen LogP contribution is 2.59. The van der Waals surface area contributed by atoms with E-state index in [0.717, 1.165) is 29.7 Å². The predicted octanol–water partition coefficient (Wildman–Crippen LogP) is 5.93. The summed E-state index contributed by atoms with van der Waals surface area (Å²) in [6.45, 7) is 7.97. The molecule has 3 fully saturated rings. The van der Waals surface area contributed by atoms with Gasteiger partial charge in [0.1, 0.15) is 12.7 Å². The van der Waals surface area contributed by atoms with Crippen molar-refractivity contribution in [3.05, 3.63) is 35.9 Å². The number of benzene rings is 1. The molecule has 0 aliphatic heterocycles. The molecular weight excluding hydrogens is 388 g/mol. The van der Waals surface area contributed by atoms with E-state index in [9.17, 15) is 9.59 Å². The van der Waals surface area contributed by atoms with Gasteiger partial charge in [-0.05, 0) is 88.5 Å². The molecule has 2 bridgehead atoms. The smallest absolute Gasteiger partial charge is 0.312 e. The second kappa shape index (κ2) is 8.60. The van der Waals surface area contributed by atoms with Gasteiger partial charge in [-0.15, -0.1) is 0 Å². The maximum absolute atomic E-state index is 13.3. The standard InChI is InChI=1S/C27H38O4/c1-5-27(4,17-26(2,3)24(28)30-16-18-10-7-6-8-11-18)25(29)31-23-15-19-14-22(23)21-13-9-12-20(19)21/h6-8,10-11,19-23H,5,9,12-17H2,1-4H3. The maximum Gasteiger partial charge on any atom is 0.312 e. The molecule has 0 amide bonds. The summed E-state index contributed by atoms with van der Waals surface area (Å²) < 4.78 is 11.8. The Morgan fingerprint density at radius 3 is 2.39 bits per heavy atom. The van der Waals surface area contributed by atoms with E-state index in [0.29, 0.717) is 18.8 Å². The van der Waals surface area contributed by atoms with Crippen LogP contribution in [0.2, 0.25) is 0 Å². The normalized spacial score (nSPS) is 31.2. The molecule has 4 nitrogen and oxygen atoms in total. The van der Waals surface area contributed by atoms with Crippen LogP contribution in [0.1, 0.15) is 78.2 Å². The van der Waals surface area contributed by atoms with Crippen molar-refractivity contribution >= 4 is 11.9 Å². The second-order valence-electron chi connectivity index (χ2n) is 11.1. The van der Waals surface area contributed by atoms with Crippen LogP contribution < -0.4 is 0 Å². The summed E-state index contributed by atoms with van der Waals surface area (Å²) in [6.07, 6.45) is 7.46. The Balaban J connectivity index is 1.36. The van der Waals surface area contributed by atoms with E-state index in [2.05, 4.69) is 0 Å². The lowest BCUT2D eigenvalue weighted by Crippen LogP contribution is -2.41. The zero-order valence-electron chi connectivity index (χ0n) is 19.6. The fraction of sp³-hybridized carbons (Fsp3) is 0.704. The van der Waals surface area contributed by atoms with Crippen LogP contribution in [-0.4, -0.2) is 18.0 Å². The fourth-order valence-corrected chi connectivity index (χ4v) is 6.73. The van der Waals surface area contributed by atoms with Gasteiger partial charge >= 0.3 is 11.9 Å². The lowest BCUT2D eigenvalue weighted by molar-refractivity contribution is -0.170. The van der Waals surface area contributed by atoms with E-state index >= 15 is 0 Å². The summed E-state index contributed by atoms with van der Waals surface area (Å²) in [7, 11) is 0. The maximum atomic E-state index is 13.3. The zero-order valence-corrected chi connectivity index (χ0v) is 19.6. The van der Waals surface area contributed by atoms with Crippen LogP contribution in [0.4, 0.5) is 0 Å². The largest absolute Gasteiger partial charge is 0.462 e. The summed E-state index contributed by atoms with van der Waals surface area (Å²) in [6, 6.07) is 9.69. The van der Waals surface area contributed by atoms with Crippen LogP contribution in [0.15, 0.2) is 30.3 Å². The molecule has 6 atom stereocenters. The van der Waals surface area contributed by atoms with Crippen molar-refractivity contribution in [2.45, 2.75) is 85.4 Å². The average Bonchev–Trinajstić information content (AvgIpc) is 3.46. The molecule has 3 saturated carbocycles. The quantitative estimate of drug-likeness (QED) is 0.483. The Labute approximate surface area is 187 Å². The number of rotatable bonds is 8. The minimum absolute atomic E-state index is 0.0795. The third-order valence-corrected chi connectivity index (χ3v) is 8.50. The van der Waals surface area contributed by atoms with Gasteiger partial charge in [0.15, 0.2) is 0 Å². The molecule has 1 aromatic carbocycles. The lowest BCUT2D eigenvalue weighted by Gasteiger charge is -2.37. The molecule has 0 N–H and O–H groups in total. The molecule has 0 aromatic heterocycles. The number of ether oxygens (including phenoxy) is 2. The van der Waals surface area contributed by atoms with Crippen molar-refractivity contribution in [1.29, 1.82) is 0 Å². The van der Waals surface area contributed by atoms with Gasteiger partial charge in [-0.1, -0.05) is 43.7 Å². The van der Waals surface area contributed by atoms with Crippen LogP contribution in [0.3, 0.4) is 0 Å². The predicted molar refractivity (Wildman–Crippen MR) is 120 cm³/mol. The molecule has 6 unspecified atom stereocenters. The van der Waals surface area contributed by atoms with E-state index in [-0.39, 0.29) is 24.6 Å². The van der Waals surface area contributed by atoms with Crippen LogP contribution in [0, 0.1) is 34.5 Å². The van der Waals surface area contributed by atoms with Crippen molar-refractivity contribution in [1.82, 2.24) is 0 Å². The second-order valence-corrected chi connectivity index (χ2v) is 11.1. The van der Waals surface area contributed by atoms with Crippen molar-refractivity contribution in [3.63, 3.8) is 0 Å². The van der Waals surface area contributed by atoms with Gasteiger partial charge in [0.05, 0.1) is 10.8 Å². The minimum Gasteiger partial charge on any atom is -0.462 e. The Bertz CT molecular complexity index is 801. The highest BCUT2D eigenvalue weighted by Gasteiger charge is 2.56. The molecule has 0 spiro atoms. The van der Waals surface area contributed by atoms with Gasteiger partial charge in [-0.2, -0.15) is 0 Å². The van der Waals surface area contributed by atoms with Gasteiger partial charge in [0, 0.05) is 0 Å². The van der Waals surface area contributed by atoms with E-state index in [1.54, 1.807) is 0 Å². The number of esters is 2. The third kappa shape index (κ3) is 4.40. The molecule has 0 heterocycles. The van der Waals surface area contributed by atoms with Crippen molar-refractivity contribution < 1.29 is 19.1 Å².